The second kappa shape index (κ2) is 3.37. The van der Waals surface area contributed by atoms with Crippen molar-refractivity contribution in [2.45, 2.75) is 12.2 Å². The number of pyridine rings is 1. The van der Waals surface area contributed by atoms with Gasteiger partial charge in [0.15, 0.2) is 0 Å². The lowest BCUT2D eigenvalue weighted by molar-refractivity contribution is -0.149. The summed E-state index contributed by atoms with van der Waals surface area (Å²) < 4.78 is 36.2. The van der Waals surface area contributed by atoms with Gasteiger partial charge in [-0.2, -0.15) is 13.2 Å². The van der Waals surface area contributed by atoms with Gasteiger partial charge < -0.3 is 5.73 Å². The van der Waals surface area contributed by atoms with Crippen molar-refractivity contribution in [3.8, 4) is 0 Å². The molecular formula is C7H6BF3N2. The van der Waals surface area contributed by atoms with Crippen molar-refractivity contribution in [2.24, 2.45) is 5.73 Å². The first-order valence-corrected chi connectivity index (χ1v) is 3.44. The highest BCUT2D eigenvalue weighted by atomic mass is 19.4. The van der Waals surface area contributed by atoms with Crippen molar-refractivity contribution in [3.05, 3.63) is 24.0 Å². The zero-order valence-electron chi connectivity index (χ0n) is 6.55. The Labute approximate surface area is 74.4 Å². The summed E-state index contributed by atoms with van der Waals surface area (Å²) in [6.07, 6.45) is -2.16. The second-order valence-corrected chi connectivity index (χ2v) is 2.57. The van der Waals surface area contributed by atoms with E-state index in [-0.39, 0.29) is 11.0 Å². The fourth-order valence-electron chi connectivity index (χ4n) is 0.835. The maximum atomic E-state index is 12.1. The van der Waals surface area contributed by atoms with Crippen LogP contribution in [-0.2, 0) is 0 Å². The molecule has 0 saturated heterocycles. The van der Waals surface area contributed by atoms with E-state index >= 15 is 0 Å². The summed E-state index contributed by atoms with van der Waals surface area (Å²) in [5, 5.41) is 0. The molecule has 0 amide bonds. The van der Waals surface area contributed by atoms with Crippen LogP contribution in [0.2, 0.25) is 0 Å². The van der Waals surface area contributed by atoms with E-state index in [1.807, 2.05) is 0 Å². The molecule has 0 aliphatic carbocycles. The smallest absolute Gasteiger partial charge is 0.316 e. The zero-order chi connectivity index (χ0) is 10.1. The molecule has 1 heterocycles. The molecule has 68 valence electrons. The average Bonchev–Trinajstić information content (AvgIpc) is 2.01. The molecule has 0 aliphatic heterocycles. The van der Waals surface area contributed by atoms with Gasteiger partial charge in [0.2, 0.25) is 0 Å². The van der Waals surface area contributed by atoms with Gasteiger partial charge in [0.05, 0.1) is 0 Å². The van der Waals surface area contributed by atoms with Crippen LogP contribution in [0.3, 0.4) is 0 Å². The first-order chi connectivity index (χ1) is 5.91. The molecular weight excluding hydrogens is 180 g/mol. The lowest BCUT2D eigenvalue weighted by Crippen LogP contribution is -2.29. The standard InChI is InChI=1S/C7H6BF3N2/c8-5-1-4(2-13-3-5)6(12)7(9,10)11/h1-3,6H,12H2. The summed E-state index contributed by atoms with van der Waals surface area (Å²) in [5.41, 5.74) is 4.95. The number of halogens is 3. The predicted octanol–water partition coefficient (Wildman–Crippen LogP) is 0.438. The normalized spacial score (nSPS) is 14.2. The Balaban J connectivity index is 2.96. The van der Waals surface area contributed by atoms with Crippen LogP contribution in [0.15, 0.2) is 18.5 Å². The van der Waals surface area contributed by atoms with Crippen molar-refractivity contribution in [1.29, 1.82) is 0 Å². The molecule has 13 heavy (non-hydrogen) atoms. The Morgan fingerprint density at radius 3 is 2.46 bits per heavy atom. The van der Waals surface area contributed by atoms with Crippen LogP contribution in [0.5, 0.6) is 0 Å². The fraction of sp³-hybridized carbons (Fsp3) is 0.286. The van der Waals surface area contributed by atoms with Gasteiger partial charge in [-0.1, -0.05) is 11.5 Å². The molecule has 1 aromatic rings. The van der Waals surface area contributed by atoms with Gasteiger partial charge in [-0.15, -0.1) is 0 Å². The summed E-state index contributed by atoms with van der Waals surface area (Å²) in [5.74, 6) is 0. The molecule has 1 aromatic heterocycles. The number of nitrogens with two attached hydrogens (primary N) is 1. The SMILES string of the molecule is [B]c1cncc(C(N)C(F)(F)F)c1. The summed E-state index contributed by atoms with van der Waals surface area (Å²) in [6, 6.07) is -0.867. The molecule has 1 rings (SSSR count). The van der Waals surface area contributed by atoms with Crippen LogP contribution in [0.4, 0.5) is 13.2 Å². The highest BCUT2D eigenvalue weighted by Gasteiger charge is 2.37. The van der Waals surface area contributed by atoms with E-state index in [0.717, 1.165) is 12.3 Å². The van der Waals surface area contributed by atoms with Crippen molar-refractivity contribution in [3.63, 3.8) is 0 Å². The molecule has 2 N–H and O–H groups in total. The van der Waals surface area contributed by atoms with E-state index in [2.05, 4.69) is 4.98 Å². The first-order valence-electron chi connectivity index (χ1n) is 3.44. The highest BCUT2D eigenvalue weighted by molar-refractivity contribution is 6.32. The van der Waals surface area contributed by atoms with Crippen LogP contribution in [0.1, 0.15) is 11.6 Å². The van der Waals surface area contributed by atoms with E-state index in [1.165, 1.54) is 6.20 Å². The largest absolute Gasteiger partial charge is 0.407 e. The number of hydrogen-bond acceptors (Lipinski definition) is 2. The van der Waals surface area contributed by atoms with Crippen LogP contribution >= 0.6 is 0 Å². The predicted molar refractivity (Wildman–Crippen MR) is 42.6 cm³/mol. The van der Waals surface area contributed by atoms with Crippen molar-refractivity contribution in [2.75, 3.05) is 0 Å². The number of nitrogens with zero attached hydrogens (tertiary/aromatic N) is 1. The maximum absolute atomic E-state index is 12.1. The van der Waals surface area contributed by atoms with Crippen LogP contribution < -0.4 is 11.2 Å². The molecule has 0 aliphatic rings. The molecule has 6 heteroatoms. The maximum Gasteiger partial charge on any atom is 0.407 e. The summed E-state index contributed by atoms with van der Waals surface area (Å²) in [4.78, 5) is 3.51. The Morgan fingerprint density at radius 1 is 1.38 bits per heavy atom. The summed E-state index contributed by atoms with van der Waals surface area (Å²) >= 11 is 0. The molecule has 0 aromatic carbocycles. The Morgan fingerprint density at radius 2 is 2.00 bits per heavy atom. The van der Waals surface area contributed by atoms with Gasteiger partial charge >= 0.3 is 6.18 Å². The number of aromatic nitrogens is 1. The topological polar surface area (TPSA) is 38.9 Å². The number of rotatable bonds is 1. The van der Waals surface area contributed by atoms with Gasteiger partial charge in [0.1, 0.15) is 13.9 Å². The van der Waals surface area contributed by atoms with Crippen molar-refractivity contribution < 1.29 is 13.2 Å². The van der Waals surface area contributed by atoms with Crippen LogP contribution in [0.25, 0.3) is 0 Å². The molecule has 0 saturated carbocycles. The van der Waals surface area contributed by atoms with Gasteiger partial charge in [-0.05, 0) is 5.56 Å². The Bertz CT molecular complexity index is 300. The average molecular weight is 186 g/mol. The van der Waals surface area contributed by atoms with Crippen LogP contribution in [0, 0.1) is 0 Å². The van der Waals surface area contributed by atoms with Gasteiger partial charge in [-0.25, -0.2) is 0 Å². The molecule has 2 radical (unpaired) electrons. The molecule has 0 bridgehead atoms. The molecule has 0 spiro atoms. The Kier molecular flexibility index (Phi) is 2.61. The second-order valence-electron chi connectivity index (χ2n) is 2.57. The zero-order valence-corrected chi connectivity index (χ0v) is 6.55. The third-order valence-electron chi connectivity index (χ3n) is 1.49. The fourth-order valence-corrected chi connectivity index (χ4v) is 0.835. The van der Waals surface area contributed by atoms with E-state index in [1.54, 1.807) is 0 Å². The molecule has 1 atom stereocenters. The van der Waals surface area contributed by atoms with E-state index < -0.39 is 12.2 Å². The van der Waals surface area contributed by atoms with Gasteiger partial charge in [-0.3, -0.25) is 4.98 Å². The van der Waals surface area contributed by atoms with E-state index in [9.17, 15) is 13.2 Å². The third-order valence-corrected chi connectivity index (χ3v) is 1.49. The van der Waals surface area contributed by atoms with Crippen LogP contribution in [-0.4, -0.2) is 19.0 Å². The molecule has 1 unspecified atom stereocenters. The minimum atomic E-state index is -4.46. The summed E-state index contributed by atoms with van der Waals surface area (Å²) in [6.45, 7) is 0. The highest BCUT2D eigenvalue weighted by Crippen LogP contribution is 2.29. The van der Waals surface area contributed by atoms with Gasteiger partial charge in [0, 0.05) is 12.4 Å². The number of hydrogen-bond donors (Lipinski definition) is 1. The summed E-state index contributed by atoms with van der Waals surface area (Å²) in [7, 11) is 5.25. The Hall–Kier alpha value is -1.04. The van der Waals surface area contributed by atoms with Gasteiger partial charge in [0.25, 0.3) is 0 Å². The molecule has 2 nitrogen and oxygen atoms in total. The first kappa shape index (κ1) is 10.0. The van der Waals surface area contributed by atoms with Crippen molar-refractivity contribution >= 4 is 13.3 Å². The van der Waals surface area contributed by atoms with Crippen molar-refractivity contribution in [1.82, 2.24) is 4.98 Å². The monoisotopic (exact) mass is 186 g/mol. The number of alkyl halides is 3. The molecule has 0 fully saturated rings. The minimum absolute atomic E-state index is 0.132. The third kappa shape index (κ3) is 2.45. The quantitative estimate of drug-likeness (QED) is 0.646. The lowest BCUT2D eigenvalue weighted by atomic mass is 9.95. The minimum Gasteiger partial charge on any atom is -0.316 e. The van der Waals surface area contributed by atoms with E-state index in [0.29, 0.717) is 0 Å². The van der Waals surface area contributed by atoms with E-state index in [4.69, 9.17) is 13.6 Å². The lowest BCUT2D eigenvalue weighted by Gasteiger charge is -2.15.